The van der Waals surface area contributed by atoms with Crippen LogP contribution >= 0.6 is 0 Å². The highest BCUT2D eigenvalue weighted by Gasteiger charge is 2.09. The first-order valence-electron chi connectivity index (χ1n) is 7.93. The van der Waals surface area contributed by atoms with Gasteiger partial charge >= 0.3 is 0 Å². The van der Waals surface area contributed by atoms with Gasteiger partial charge in [-0.3, -0.25) is 4.40 Å². The second kappa shape index (κ2) is 6.51. The number of fused-ring (bicyclic) bond motifs is 1. The van der Waals surface area contributed by atoms with Gasteiger partial charge in [0.1, 0.15) is 12.4 Å². The molecule has 0 spiro atoms. The van der Waals surface area contributed by atoms with Gasteiger partial charge in [0.25, 0.3) is 5.95 Å². The van der Waals surface area contributed by atoms with Gasteiger partial charge in [0.15, 0.2) is 5.75 Å². The molecule has 0 radical (unpaired) electrons. The predicted octanol–water partition coefficient (Wildman–Crippen LogP) is 3.96. The topological polar surface area (TPSA) is 52.3 Å². The summed E-state index contributed by atoms with van der Waals surface area (Å²) in [5.41, 5.74) is 3.17. The Morgan fingerprint density at radius 3 is 2.81 bits per heavy atom. The van der Waals surface area contributed by atoms with Crippen LogP contribution in [0.1, 0.15) is 11.3 Å². The third kappa shape index (κ3) is 3.11. The fourth-order valence-corrected chi connectivity index (χ4v) is 2.72. The lowest BCUT2D eigenvalue weighted by Crippen LogP contribution is -1.98. The molecule has 0 saturated carbocycles. The highest BCUT2D eigenvalue weighted by Crippen LogP contribution is 2.24. The zero-order chi connectivity index (χ0) is 18.1. The molecule has 0 aliphatic heterocycles. The normalized spacial score (nSPS) is 11.0. The molecule has 26 heavy (non-hydrogen) atoms. The van der Waals surface area contributed by atoms with Gasteiger partial charge in [-0.1, -0.05) is 6.07 Å². The van der Waals surface area contributed by atoms with E-state index >= 15 is 0 Å². The third-order valence-corrected chi connectivity index (χ3v) is 3.96. The van der Waals surface area contributed by atoms with Gasteiger partial charge in [-0.05, 0) is 42.3 Å². The van der Waals surface area contributed by atoms with E-state index in [9.17, 15) is 8.78 Å². The zero-order valence-corrected chi connectivity index (χ0v) is 13.9. The minimum Gasteiger partial charge on any atom is -0.482 e. The summed E-state index contributed by atoms with van der Waals surface area (Å²) in [4.78, 5) is 12.2. The first-order chi connectivity index (χ1) is 12.6. The summed E-state index contributed by atoms with van der Waals surface area (Å²) in [6, 6.07) is 7.73. The summed E-state index contributed by atoms with van der Waals surface area (Å²) in [7, 11) is 0. The van der Waals surface area contributed by atoms with Crippen LogP contribution in [0.4, 0.5) is 8.78 Å². The molecule has 5 nitrogen and oxygen atoms in total. The Kier molecular flexibility index (Phi) is 4.04. The van der Waals surface area contributed by atoms with Crippen molar-refractivity contribution in [3.8, 4) is 16.9 Å². The van der Waals surface area contributed by atoms with Crippen LogP contribution in [-0.2, 0) is 6.61 Å². The number of nitrogens with zero attached hydrogens (tertiary/aromatic N) is 4. The van der Waals surface area contributed by atoms with Crippen LogP contribution < -0.4 is 4.74 Å². The lowest BCUT2D eigenvalue weighted by molar-refractivity contribution is 0.282. The van der Waals surface area contributed by atoms with E-state index in [1.807, 2.05) is 13.1 Å². The van der Waals surface area contributed by atoms with Gasteiger partial charge in [0.05, 0.1) is 5.69 Å². The fraction of sp³-hybridized carbons (Fsp3) is 0.105. The first-order valence-corrected chi connectivity index (χ1v) is 7.93. The van der Waals surface area contributed by atoms with Crippen LogP contribution in [0.15, 0.2) is 55.1 Å². The van der Waals surface area contributed by atoms with Crippen molar-refractivity contribution in [2.24, 2.45) is 0 Å². The van der Waals surface area contributed by atoms with E-state index in [0.29, 0.717) is 11.5 Å². The molecule has 0 amide bonds. The fourth-order valence-electron chi connectivity index (χ4n) is 2.72. The lowest BCUT2D eigenvalue weighted by Gasteiger charge is -2.06. The quantitative estimate of drug-likeness (QED) is 0.522. The van der Waals surface area contributed by atoms with Crippen molar-refractivity contribution < 1.29 is 13.5 Å². The number of pyridine rings is 1. The molecule has 130 valence electrons. The molecule has 0 atom stereocenters. The van der Waals surface area contributed by atoms with Crippen LogP contribution in [0.25, 0.3) is 16.9 Å². The largest absolute Gasteiger partial charge is 0.482 e. The van der Waals surface area contributed by atoms with E-state index in [1.54, 1.807) is 28.9 Å². The number of hydrogen-bond donors (Lipinski definition) is 0. The van der Waals surface area contributed by atoms with Crippen molar-refractivity contribution in [2.45, 2.75) is 13.5 Å². The van der Waals surface area contributed by atoms with Crippen LogP contribution in [-0.4, -0.2) is 19.4 Å². The minimum absolute atomic E-state index is 0.0696. The van der Waals surface area contributed by atoms with Gasteiger partial charge in [0.2, 0.25) is 5.78 Å². The smallest absolute Gasteiger partial charge is 0.255 e. The molecule has 3 aromatic heterocycles. The summed E-state index contributed by atoms with van der Waals surface area (Å²) in [6.45, 7) is 1.94. The molecule has 0 bridgehead atoms. The number of ether oxygens (including phenoxy) is 1. The average Bonchev–Trinajstić information content (AvgIpc) is 3.03. The molecule has 0 saturated heterocycles. The average molecular weight is 352 g/mol. The minimum atomic E-state index is -0.663. The first kappa shape index (κ1) is 16.1. The lowest BCUT2D eigenvalue weighted by atomic mass is 10.0. The predicted molar refractivity (Wildman–Crippen MR) is 91.6 cm³/mol. The molecule has 0 fully saturated rings. The van der Waals surface area contributed by atoms with Crippen molar-refractivity contribution in [1.29, 1.82) is 0 Å². The molecule has 0 aliphatic rings. The van der Waals surface area contributed by atoms with E-state index in [4.69, 9.17) is 4.74 Å². The maximum absolute atomic E-state index is 13.5. The zero-order valence-electron chi connectivity index (χ0n) is 13.9. The molecular formula is C19H14F2N4O. The Bertz CT molecular complexity index is 1090. The Labute approximate surface area is 147 Å². The monoisotopic (exact) mass is 352 g/mol. The Morgan fingerprint density at radius 1 is 1.12 bits per heavy atom. The standard InChI is InChI=1S/C19H14F2N4O/c1-12-7-14(20)4-5-16(12)13-8-23-19-24-15(10-25(19)9-13)11-26-17-3-2-6-22-18(17)21/h2-10H,11H2,1H3. The number of aromatic nitrogens is 4. The summed E-state index contributed by atoms with van der Waals surface area (Å²) < 4.78 is 34.0. The summed E-state index contributed by atoms with van der Waals surface area (Å²) in [5, 5.41) is 0. The molecule has 4 aromatic rings. The molecule has 4 rings (SSSR count). The summed E-state index contributed by atoms with van der Waals surface area (Å²) in [5.74, 6) is -0.368. The molecule has 7 heteroatoms. The van der Waals surface area contributed by atoms with E-state index in [1.165, 1.54) is 24.4 Å². The van der Waals surface area contributed by atoms with Gasteiger partial charge in [-0.15, -0.1) is 0 Å². The third-order valence-electron chi connectivity index (χ3n) is 3.96. The summed E-state index contributed by atoms with van der Waals surface area (Å²) in [6.07, 6.45) is 6.67. The van der Waals surface area contributed by atoms with E-state index < -0.39 is 5.95 Å². The van der Waals surface area contributed by atoms with Crippen LogP contribution in [0, 0.1) is 18.7 Å². The molecule has 0 N–H and O–H groups in total. The Hall–Kier alpha value is -3.35. The number of benzene rings is 1. The van der Waals surface area contributed by atoms with Crippen LogP contribution in [0.2, 0.25) is 0 Å². The Morgan fingerprint density at radius 2 is 2.00 bits per heavy atom. The van der Waals surface area contributed by atoms with Crippen molar-refractivity contribution >= 4 is 5.78 Å². The number of aryl methyl sites for hydroxylation is 1. The SMILES string of the molecule is Cc1cc(F)ccc1-c1cnc2nc(COc3cccnc3F)cn2c1. The van der Waals surface area contributed by atoms with Crippen molar-refractivity contribution in [3.63, 3.8) is 0 Å². The second-order valence-electron chi connectivity index (χ2n) is 5.82. The molecule has 0 unspecified atom stereocenters. The van der Waals surface area contributed by atoms with Gasteiger partial charge < -0.3 is 4.74 Å². The maximum atomic E-state index is 13.5. The molecule has 3 heterocycles. The van der Waals surface area contributed by atoms with E-state index in [-0.39, 0.29) is 18.2 Å². The number of rotatable bonds is 4. The second-order valence-corrected chi connectivity index (χ2v) is 5.82. The maximum Gasteiger partial charge on any atom is 0.255 e. The molecular weight excluding hydrogens is 338 g/mol. The molecule has 1 aromatic carbocycles. The van der Waals surface area contributed by atoms with Crippen molar-refractivity contribution in [3.05, 3.63) is 78.1 Å². The van der Waals surface area contributed by atoms with Crippen molar-refractivity contribution in [1.82, 2.24) is 19.4 Å². The van der Waals surface area contributed by atoms with E-state index in [2.05, 4.69) is 15.0 Å². The highest BCUT2D eigenvalue weighted by molar-refractivity contribution is 5.66. The van der Waals surface area contributed by atoms with Crippen molar-refractivity contribution in [2.75, 3.05) is 0 Å². The van der Waals surface area contributed by atoms with E-state index in [0.717, 1.165) is 16.7 Å². The van der Waals surface area contributed by atoms with Crippen LogP contribution in [0.5, 0.6) is 5.75 Å². The van der Waals surface area contributed by atoms with Gasteiger partial charge in [-0.25, -0.2) is 19.3 Å². The highest BCUT2D eigenvalue weighted by atomic mass is 19.1. The molecule has 0 aliphatic carbocycles. The number of hydrogen-bond acceptors (Lipinski definition) is 4. The Balaban J connectivity index is 1.60. The van der Waals surface area contributed by atoms with Crippen LogP contribution in [0.3, 0.4) is 0 Å². The summed E-state index contributed by atoms with van der Waals surface area (Å²) >= 11 is 0. The van der Waals surface area contributed by atoms with Gasteiger partial charge in [0, 0.05) is 30.4 Å². The number of imidazole rings is 1. The van der Waals surface area contributed by atoms with Gasteiger partial charge in [-0.2, -0.15) is 4.39 Å². The number of halogens is 2.